The van der Waals surface area contributed by atoms with Crippen LogP contribution in [-0.4, -0.2) is 31.9 Å². The van der Waals surface area contributed by atoms with Crippen molar-refractivity contribution in [3.63, 3.8) is 0 Å². The summed E-state index contributed by atoms with van der Waals surface area (Å²) < 4.78 is 45.3. The Morgan fingerprint density at radius 3 is 2.61 bits per heavy atom. The first-order valence-electron chi connectivity index (χ1n) is 6.25. The number of nitrogens with zero attached hydrogens (tertiary/aromatic N) is 1. The lowest BCUT2D eigenvalue weighted by molar-refractivity contribution is -0.274. The molecule has 1 heterocycles. The van der Waals surface area contributed by atoms with Crippen molar-refractivity contribution in [2.24, 2.45) is 5.92 Å². The van der Waals surface area contributed by atoms with Crippen molar-refractivity contribution in [2.45, 2.75) is 12.8 Å². The van der Waals surface area contributed by atoms with E-state index < -0.39 is 24.0 Å². The third kappa shape index (κ3) is 4.08. The molecule has 0 saturated carbocycles. The van der Waals surface area contributed by atoms with Gasteiger partial charge in [-0.15, -0.1) is 13.2 Å². The zero-order valence-electron chi connectivity index (χ0n) is 11.6. The fourth-order valence-corrected chi connectivity index (χ4v) is 3.32. The Bertz CT molecular complexity index is 630. The predicted molar refractivity (Wildman–Crippen MR) is 78.3 cm³/mol. The highest BCUT2D eigenvalue weighted by atomic mass is 79.9. The lowest BCUT2D eigenvalue weighted by Gasteiger charge is -2.20. The van der Waals surface area contributed by atoms with Crippen molar-refractivity contribution in [3.05, 3.63) is 21.6 Å². The van der Waals surface area contributed by atoms with Crippen LogP contribution in [0.25, 0.3) is 0 Å². The van der Waals surface area contributed by atoms with E-state index >= 15 is 0 Å². The first-order valence-corrected chi connectivity index (χ1v) is 7.42. The summed E-state index contributed by atoms with van der Waals surface area (Å²) in [5.74, 6) is -2.09. The molecule has 0 bridgehead atoms. The maximum absolute atomic E-state index is 12.3. The normalized spacial score (nSPS) is 18.3. The van der Waals surface area contributed by atoms with Gasteiger partial charge in [-0.25, -0.2) is 0 Å². The smallest absolute Gasteiger partial charge is 0.469 e. The van der Waals surface area contributed by atoms with Crippen LogP contribution >= 0.6 is 27.5 Å². The molecular weight excluding hydrogens is 406 g/mol. The van der Waals surface area contributed by atoms with Gasteiger partial charge in [-0.1, -0.05) is 11.6 Å². The van der Waals surface area contributed by atoms with Crippen LogP contribution < -0.4 is 9.64 Å². The number of esters is 1. The summed E-state index contributed by atoms with van der Waals surface area (Å²) >= 11 is 9.06. The van der Waals surface area contributed by atoms with Gasteiger partial charge in [0.2, 0.25) is 5.91 Å². The third-order valence-electron chi connectivity index (χ3n) is 3.15. The summed E-state index contributed by atoms with van der Waals surface area (Å²) in [5, 5.41) is -0.113. The fraction of sp³-hybridized carbons (Fsp3) is 0.385. The Hall–Kier alpha value is -1.48. The molecule has 2 rings (SSSR count). The number of ether oxygens (including phenoxy) is 2. The molecule has 0 aliphatic carbocycles. The Morgan fingerprint density at radius 2 is 2.09 bits per heavy atom. The number of methoxy groups -OCH3 is 1. The van der Waals surface area contributed by atoms with Crippen LogP contribution in [-0.2, 0) is 14.3 Å². The molecule has 0 N–H and O–H groups in total. The highest BCUT2D eigenvalue weighted by molar-refractivity contribution is 9.10. The van der Waals surface area contributed by atoms with Gasteiger partial charge in [-0.3, -0.25) is 9.59 Å². The van der Waals surface area contributed by atoms with E-state index in [1.807, 2.05) is 0 Å². The van der Waals surface area contributed by atoms with Crippen molar-refractivity contribution < 1.29 is 32.2 Å². The van der Waals surface area contributed by atoms with Gasteiger partial charge in [0.15, 0.2) is 0 Å². The lowest BCUT2D eigenvalue weighted by Crippen LogP contribution is -2.27. The maximum Gasteiger partial charge on any atom is 0.573 e. The number of amides is 1. The van der Waals surface area contributed by atoms with E-state index in [2.05, 4.69) is 25.4 Å². The van der Waals surface area contributed by atoms with Gasteiger partial charge in [0.05, 0.1) is 23.7 Å². The second-order valence-electron chi connectivity index (χ2n) is 4.71. The quantitative estimate of drug-likeness (QED) is 0.708. The molecule has 1 atom stereocenters. The molecule has 5 nitrogen and oxygen atoms in total. The minimum Gasteiger partial charge on any atom is -0.469 e. The number of halogens is 5. The van der Waals surface area contributed by atoms with E-state index in [1.165, 1.54) is 12.0 Å². The van der Waals surface area contributed by atoms with E-state index in [0.717, 1.165) is 12.1 Å². The van der Waals surface area contributed by atoms with Crippen LogP contribution in [0.5, 0.6) is 5.75 Å². The summed E-state index contributed by atoms with van der Waals surface area (Å²) in [4.78, 5) is 24.8. The Labute approximate surface area is 142 Å². The van der Waals surface area contributed by atoms with E-state index in [1.54, 1.807) is 0 Å². The molecule has 0 spiro atoms. The van der Waals surface area contributed by atoms with Crippen LogP contribution in [0.4, 0.5) is 18.9 Å². The van der Waals surface area contributed by atoms with Crippen LogP contribution in [0, 0.1) is 5.92 Å². The Morgan fingerprint density at radius 1 is 1.43 bits per heavy atom. The Kier molecular flexibility index (Phi) is 5.10. The molecule has 1 aromatic carbocycles. The van der Waals surface area contributed by atoms with E-state index in [-0.39, 0.29) is 34.1 Å². The zero-order chi connectivity index (χ0) is 17.4. The monoisotopic (exact) mass is 415 g/mol. The van der Waals surface area contributed by atoms with Crippen molar-refractivity contribution >= 4 is 45.1 Å². The standard InChI is InChI=1S/C13H10BrClF3NO4/c1-22-12(21)6-2-10(20)19(5-6)11-8(14)3-7(4-9(11)15)23-13(16,17)18/h3-4,6H,2,5H2,1H3. The summed E-state index contributed by atoms with van der Waals surface area (Å²) in [5.41, 5.74) is 0.178. The zero-order valence-corrected chi connectivity index (χ0v) is 14.0. The molecule has 23 heavy (non-hydrogen) atoms. The number of alkyl halides is 3. The molecule has 10 heteroatoms. The molecule has 1 unspecified atom stereocenters. The van der Waals surface area contributed by atoms with Gasteiger partial charge in [0, 0.05) is 23.5 Å². The van der Waals surface area contributed by atoms with Crippen molar-refractivity contribution in [1.82, 2.24) is 0 Å². The van der Waals surface area contributed by atoms with E-state index in [4.69, 9.17) is 11.6 Å². The number of anilines is 1. The molecule has 1 fully saturated rings. The summed E-state index contributed by atoms with van der Waals surface area (Å²) in [6.45, 7) is 0.0311. The highest BCUT2D eigenvalue weighted by Crippen LogP contribution is 2.41. The van der Waals surface area contributed by atoms with Crippen molar-refractivity contribution in [3.8, 4) is 5.75 Å². The number of hydrogen-bond donors (Lipinski definition) is 0. The second kappa shape index (κ2) is 6.56. The van der Waals surface area contributed by atoms with E-state index in [9.17, 15) is 22.8 Å². The Balaban J connectivity index is 2.30. The molecular formula is C13H10BrClF3NO4. The van der Waals surface area contributed by atoms with Crippen LogP contribution in [0.15, 0.2) is 16.6 Å². The van der Waals surface area contributed by atoms with Gasteiger partial charge >= 0.3 is 12.3 Å². The van der Waals surface area contributed by atoms with Gasteiger partial charge in [-0.2, -0.15) is 0 Å². The van der Waals surface area contributed by atoms with E-state index in [0.29, 0.717) is 0 Å². The molecule has 1 aliphatic heterocycles. The number of rotatable bonds is 3. The van der Waals surface area contributed by atoms with Gasteiger partial charge in [0.25, 0.3) is 0 Å². The predicted octanol–water partition coefficient (Wildman–Crippen LogP) is 3.53. The average Bonchev–Trinajstić information content (AvgIpc) is 2.77. The fourth-order valence-electron chi connectivity index (χ4n) is 2.24. The lowest BCUT2D eigenvalue weighted by atomic mass is 10.1. The molecule has 1 aliphatic rings. The maximum atomic E-state index is 12.3. The molecule has 0 radical (unpaired) electrons. The summed E-state index contributed by atoms with van der Waals surface area (Å²) in [6.07, 6.45) is -4.92. The minimum atomic E-state index is -4.86. The average molecular weight is 417 g/mol. The number of carbonyl (C=O) groups excluding carboxylic acids is 2. The van der Waals surface area contributed by atoms with Crippen LogP contribution in [0.1, 0.15) is 6.42 Å². The number of benzene rings is 1. The molecule has 1 aromatic rings. The molecule has 126 valence electrons. The number of hydrogen-bond acceptors (Lipinski definition) is 4. The van der Waals surface area contributed by atoms with Gasteiger partial charge in [-0.05, 0) is 22.0 Å². The molecule has 0 aromatic heterocycles. The van der Waals surface area contributed by atoms with Gasteiger partial charge in [0.1, 0.15) is 5.75 Å². The van der Waals surface area contributed by atoms with Crippen LogP contribution in [0.2, 0.25) is 5.02 Å². The van der Waals surface area contributed by atoms with Crippen molar-refractivity contribution in [2.75, 3.05) is 18.6 Å². The molecule has 1 amide bonds. The van der Waals surface area contributed by atoms with Crippen molar-refractivity contribution in [1.29, 1.82) is 0 Å². The highest BCUT2D eigenvalue weighted by Gasteiger charge is 2.38. The topological polar surface area (TPSA) is 55.8 Å². The largest absolute Gasteiger partial charge is 0.573 e. The third-order valence-corrected chi connectivity index (χ3v) is 4.05. The first-order chi connectivity index (χ1) is 10.6. The second-order valence-corrected chi connectivity index (χ2v) is 5.97. The van der Waals surface area contributed by atoms with Gasteiger partial charge < -0.3 is 14.4 Å². The SMILES string of the molecule is COC(=O)C1CC(=O)N(c2c(Cl)cc(OC(F)(F)F)cc2Br)C1. The summed E-state index contributed by atoms with van der Waals surface area (Å²) in [6, 6.07) is 2.00. The number of carbonyl (C=O) groups is 2. The summed E-state index contributed by atoms with van der Waals surface area (Å²) in [7, 11) is 1.21. The van der Waals surface area contributed by atoms with Crippen LogP contribution in [0.3, 0.4) is 0 Å². The molecule has 1 saturated heterocycles. The first kappa shape index (κ1) is 17.9. The minimum absolute atomic E-state index is 0.0311.